The summed E-state index contributed by atoms with van der Waals surface area (Å²) in [5, 5.41) is 21.5. The molecule has 0 unspecified atom stereocenters. The number of fused-ring (bicyclic) bond motifs is 2. The third-order valence-electron chi connectivity index (χ3n) is 6.55. The van der Waals surface area contributed by atoms with Crippen molar-refractivity contribution < 1.29 is 4.74 Å². The summed E-state index contributed by atoms with van der Waals surface area (Å²) in [6, 6.07) is 8.71. The fourth-order valence-electron chi connectivity index (χ4n) is 4.94. The van der Waals surface area contributed by atoms with Crippen LogP contribution in [0.2, 0.25) is 0 Å². The second-order valence-corrected chi connectivity index (χ2v) is 8.59. The quantitative estimate of drug-likeness (QED) is 0.424. The Balaban J connectivity index is 1.39. The van der Waals surface area contributed by atoms with E-state index < -0.39 is 0 Å². The molecule has 0 atom stereocenters. The Morgan fingerprint density at radius 2 is 2.09 bits per heavy atom. The zero-order chi connectivity index (χ0) is 22.4. The van der Waals surface area contributed by atoms with Crippen molar-refractivity contribution in [2.75, 3.05) is 17.2 Å². The second-order valence-electron chi connectivity index (χ2n) is 8.59. The largest absolute Gasteiger partial charge is 0.491 e. The van der Waals surface area contributed by atoms with Gasteiger partial charge >= 0.3 is 0 Å². The molecule has 1 aliphatic carbocycles. The van der Waals surface area contributed by atoms with Gasteiger partial charge in [-0.25, -0.2) is 0 Å². The topological polar surface area (TPSA) is 116 Å². The van der Waals surface area contributed by atoms with Gasteiger partial charge in [-0.2, -0.15) is 20.3 Å². The van der Waals surface area contributed by atoms with E-state index in [4.69, 9.17) is 9.72 Å². The molecule has 33 heavy (non-hydrogen) atoms. The summed E-state index contributed by atoms with van der Waals surface area (Å²) in [7, 11) is 1.94. The van der Waals surface area contributed by atoms with Crippen LogP contribution >= 0.6 is 0 Å². The molecule has 0 spiro atoms. The number of nitriles is 1. The molecule has 0 radical (unpaired) electrons. The number of aryl methyl sites for hydroxylation is 1. The van der Waals surface area contributed by atoms with Crippen molar-refractivity contribution in [1.29, 1.82) is 5.26 Å². The molecule has 166 valence electrons. The Hall–Kier alpha value is -4.06. The van der Waals surface area contributed by atoms with Crippen LogP contribution in [0.5, 0.6) is 5.75 Å². The van der Waals surface area contributed by atoms with E-state index in [0.717, 1.165) is 52.9 Å². The number of aromatic nitrogens is 5. The molecular formula is C24H24N8O. The van der Waals surface area contributed by atoms with E-state index in [-0.39, 0.29) is 0 Å². The Bertz CT molecular complexity index is 1390. The summed E-state index contributed by atoms with van der Waals surface area (Å²) in [4.78, 5) is 12.5. The third-order valence-corrected chi connectivity index (χ3v) is 6.55. The van der Waals surface area contributed by atoms with E-state index in [0.29, 0.717) is 35.6 Å². The minimum absolute atomic E-state index is 0.364. The summed E-state index contributed by atoms with van der Waals surface area (Å²) < 4.78 is 7.89. The highest BCUT2D eigenvalue weighted by Gasteiger charge is 2.24. The number of nitrogens with zero attached hydrogens (tertiary/aromatic N) is 5. The monoisotopic (exact) mass is 440 g/mol. The molecule has 4 aromatic rings. The zero-order valence-electron chi connectivity index (χ0n) is 18.4. The van der Waals surface area contributed by atoms with E-state index in [1.165, 1.54) is 12.8 Å². The predicted octanol–water partition coefficient (Wildman–Crippen LogP) is 4.26. The van der Waals surface area contributed by atoms with Gasteiger partial charge in [0.2, 0.25) is 5.95 Å². The number of hydrogen-bond acceptors (Lipinski definition) is 7. The van der Waals surface area contributed by atoms with Crippen LogP contribution < -0.4 is 15.4 Å². The van der Waals surface area contributed by atoms with Gasteiger partial charge in [0.25, 0.3) is 0 Å². The van der Waals surface area contributed by atoms with Crippen molar-refractivity contribution in [3.8, 4) is 23.1 Å². The first-order valence-electron chi connectivity index (χ1n) is 11.3. The summed E-state index contributed by atoms with van der Waals surface area (Å²) in [5.74, 6) is 1.98. The number of aromatic amines is 1. The number of hydrogen-bond donors (Lipinski definition) is 3. The fourth-order valence-corrected chi connectivity index (χ4v) is 4.94. The fraction of sp³-hybridized carbons (Fsp3) is 0.333. The van der Waals surface area contributed by atoms with Crippen LogP contribution in [0.15, 0.2) is 30.6 Å². The molecule has 0 amide bonds. The Morgan fingerprint density at radius 1 is 1.21 bits per heavy atom. The van der Waals surface area contributed by atoms with Crippen molar-refractivity contribution in [2.45, 2.75) is 38.1 Å². The normalized spacial score (nSPS) is 15.4. The number of ether oxygens (including phenoxy) is 1. The first-order chi connectivity index (χ1) is 16.2. The third kappa shape index (κ3) is 3.35. The number of benzene rings is 1. The van der Waals surface area contributed by atoms with Crippen LogP contribution in [-0.4, -0.2) is 37.4 Å². The number of rotatable bonds is 5. The van der Waals surface area contributed by atoms with Crippen LogP contribution in [0.3, 0.4) is 0 Å². The number of anilines is 3. The van der Waals surface area contributed by atoms with E-state index in [2.05, 4.69) is 37.8 Å². The minimum atomic E-state index is 0.364. The van der Waals surface area contributed by atoms with Gasteiger partial charge in [0.05, 0.1) is 28.9 Å². The minimum Gasteiger partial charge on any atom is -0.491 e. The maximum absolute atomic E-state index is 9.55. The van der Waals surface area contributed by atoms with Crippen molar-refractivity contribution in [3.63, 3.8) is 0 Å². The standard InChI is InChI=1S/C24H24N8O/c1-32-19(8-10-27-32)16-6-7-18(21-17(16)9-11-33-21)29-24-30-22-20(14(12-25)13-26-22)23(31-24)28-15-4-2-3-5-15/h6-8,10,13,15H,2-5,9,11H2,1H3,(H3,26,28,29,30,31). The smallest absolute Gasteiger partial charge is 0.231 e. The van der Waals surface area contributed by atoms with Crippen molar-refractivity contribution in [2.24, 2.45) is 7.05 Å². The lowest BCUT2D eigenvalue weighted by Crippen LogP contribution is -2.16. The molecular weight excluding hydrogens is 416 g/mol. The van der Waals surface area contributed by atoms with Gasteiger partial charge in [-0.15, -0.1) is 0 Å². The van der Waals surface area contributed by atoms with Crippen LogP contribution in [-0.2, 0) is 13.5 Å². The molecule has 1 saturated carbocycles. The Morgan fingerprint density at radius 3 is 2.88 bits per heavy atom. The molecule has 3 N–H and O–H groups in total. The van der Waals surface area contributed by atoms with Gasteiger partial charge in [0.1, 0.15) is 23.3 Å². The maximum Gasteiger partial charge on any atom is 0.231 e. The zero-order valence-corrected chi connectivity index (χ0v) is 18.4. The summed E-state index contributed by atoms with van der Waals surface area (Å²) in [6.07, 6.45) is 8.96. The maximum atomic E-state index is 9.55. The molecule has 9 heteroatoms. The summed E-state index contributed by atoms with van der Waals surface area (Å²) in [5.41, 5.74) is 5.33. The van der Waals surface area contributed by atoms with Crippen LogP contribution in [0.1, 0.15) is 36.8 Å². The van der Waals surface area contributed by atoms with Gasteiger partial charge in [0, 0.05) is 43.0 Å². The Kier molecular flexibility index (Phi) is 4.64. The molecule has 1 aliphatic heterocycles. The molecule has 9 nitrogen and oxygen atoms in total. The highest BCUT2D eigenvalue weighted by atomic mass is 16.5. The molecule has 0 bridgehead atoms. The van der Waals surface area contributed by atoms with Gasteiger partial charge in [-0.1, -0.05) is 18.9 Å². The van der Waals surface area contributed by atoms with E-state index in [1.807, 2.05) is 23.9 Å². The van der Waals surface area contributed by atoms with Crippen LogP contribution in [0, 0.1) is 11.3 Å². The summed E-state index contributed by atoms with van der Waals surface area (Å²) >= 11 is 0. The molecule has 1 aromatic carbocycles. The lowest BCUT2D eigenvalue weighted by atomic mass is 10.0. The highest BCUT2D eigenvalue weighted by Crippen LogP contribution is 2.41. The van der Waals surface area contributed by atoms with E-state index >= 15 is 0 Å². The molecule has 0 saturated heterocycles. The highest BCUT2D eigenvalue weighted by molar-refractivity contribution is 5.94. The Labute approximate surface area is 190 Å². The molecule has 3 aromatic heterocycles. The number of nitrogens with one attached hydrogen (secondary N) is 3. The van der Waals surface area contributed by atoms with E-state index in [1.54, 1.807) is 12.4 Å². The van der Waals surface area contributed by atoms with Crippen molar-refractivity contribution >= 4 is 28.5 Å². The van der Waals surface area contributed by atoms with Crippen LogP contribution in [0.25, 0.3) is 22.3 Å². The van der Waals surface area contributed by atoms with Gasteiger partial charge < -0.3 is 20.4 Å². The van der Waals surface area contributed by atoms with Gasteiger partial charge in [-0.3, -0.25) is 4.68 Å². The van der Waals surface area contributed by atoms with Gasteiger partial charge in [0.15, 0.2) is 0 Å². The van der Waals surface area contributed by atoms with Gasteiger partial charge in [-0.05, 0) is 25.0 Å². The SMILES string of the molecule is Cn1nccc1-c1ccc(Nc2nc(NC3CCCC3)c3c(C#N)c[nH]c3n2)c2c1CCO2. The first kappa shape index (κ1) is 19.6. The van der Waals surface area contributed by atoms with Crippen molar-refractivity contribution in [1.82, 2.24) is 24.7 Å². The van der Waals surface area contributed by atoms with Crippen LogP contribution in [0.4, 0.5) is 17.5 Å². The first-order valence-corrected chi connectivity index (χ1v) is 11.3. The molecule has 4 heterocycles. The number of H-pyrrole nitrogens is 1. The molecule has 6 rings (SSSR count). The molecule has 1 fully saturated rings. The summed E-state index contributed by atoms with van der Waals surface area (Å²) in [6.45, 7) is 0.634. The average molecular weight is 441 g/mol. The lowest BCUT2D eigenvalue weighted by molar-refractivity contribution is 0.358. The van der Waals surface area contributed by atoms with Crippen molar-refractivity contribution in [3.05, 3.63) is 41.7 Å². The second kappa shape index (κ2) is 7.81. The molecule has 2 aliphatic rings. The average Bonchev–Trinajstić information content (AvgIpc) is 3.61. The predicted molar refractivity (Wildman–Crippen MR) is 126 cm³/mol. The lowest BCUT2D eigenvalue weighted by Gasteiger charge is -2.16. The van der Waals surface area contributed by atoms with E-state index in [9.17, 15) is 5.26 Å².